The number of fused-ring (bicyclic) bond motifs is 1. The Labute approximate surface area is 126 Å². The SMILES string of the molecule is Cc1nc2c(c(N3CCC(NCCO)CC3)n1)CCCC2. The molecule has 1 saturated heterocycles. The molecule has 2 heterocycles. The maximum absolute atomic E-state index is 8.90. The Hall–Kier alpha value is -1.20. The predicted molar refractivity (Wildman–Crippen MR) is 83.7 cm³/mol. The second-order valence-electron chi connectivity index (χ2n) is 6.17. The van der Waals surface area contributed by atoms with Gasteiger partial charge in [0, 0.05) is 36.9 Å². The van der Waals surface area contributed by atoms with Gasteiger partial charge in [-0.2, -0.15) is 0 Å². The van der Waals surface area contributed by atoms with Crippen LogP contribution in [-0.2, 0) is 12.8 Å². The van der Waals surface area contributed by atoms with E-state index in [1.807, 2.05) is 6.92 Å². The molecule has 0 spiro atoms. The molecule has 1 aromatic heterocycles. The Balaban J connectivity index is 1.72. The zero-order chi connectivity index (χ0) is 14.7. The summed E-state index contributed by atoms with van der Waals surface area (Å²) in [5.41, 5.74) is 2.68. The third kappa shape index (κ3) is 3.35. The van der Waals surface area contributed by atoms with Crippen molar-refractivity contribution in [2.45, 2.75) is 51.5 Å². The highest BCUT2D eigenvalue weighted by molar-refractivity contribution is 5.50. The van der Waals surface area contributed by atoms with Gasteiger partial charge in [0.25, 0.3) is 0 Å². The molecule has 21 heavy (non-hydrogen) atoms. The van der Waals surface area contributed by atoms with Gasteiger partial charge in [0.15, 0.2) is 0 Å². The third-order valence-corrected chi connectivity index (χ3v) is 4.61. The molecule has 2 N–H and O–H groups in total. The fourth-order valence-corrected chi connectivity index (χ4v) is 3.52. The number of hydrogen-bond acceptors (Lipinski definition) is 5. The molecule has 0 aromatic carbocycles. The van der Waals surface area contributed by atoms with Crippen molar-refractivity contribution < 1.29 is 5.11 Å². The second kappa shape index (κ2) is 6.71. The van der Waals surface area contributed by atoms with Crippen LogP contribution in [0.4, 0.5) is 5.82 Å². The van der Waals surface area contributed by atoms with Gasteiger partial charge in [0.1, 0.15) is 11.6 Å². The number of rotatable bonds is 4. The van der Waals surface area contributed by atoms with E-state index in [0.29, 0.717) is 12.6 Å². The third-order valence-electron chi connectivity index (χ3n) is 4.61. The van der Waals surface area contributed by atoms with Crippen molar-refractivity contribution in [3.05, 3.63) is 17.1 Å². The van der Waals surface area contributed by atoms with Crippen molar-refractivity contribution in [3.63, 3.8) is 0 Å². The number of aliphatic hydroxyl groups excluding tert-OH is 1. The lowest BCUT2D eigenvalue weighted by molar-refractivity contribution is 0.277. The molecule has 3 rings (SSSR count). The zero-order valence-electron chi connectivity index (χ0n) is 12.9. The minimum Gasteiger partial charge on any atom is -0.395 e. The summed E-state index contributed by atoms with van der Waals surface area (Å²) < 4.78 is 0. The number of hydrogen-bond donors (Lipinski definition) is 2. The van der Waals surface area contributed by atoms with Crippen LogP contribution in [0.3, 0.4) is 0 Å². The molecule has 0 atom stereocenters. The summed E-state index contributed by atoms with van der Waals surface area (Å²) in [5, 5.41) is 12.3. The van der Waals surface area contributed by atoms with Crippen LogP contribution >= 0.6 is 0 Å². The van der Waals surface area contributed by atoms with Crippen LogP contribution in [0.2, 0.25) is 0 Å². The van der Waals surface area contributed by atoms with Crippen LogP contribution in [0, 0.1) is 6.92 Å². The quantitative estimate of drug-likeness (QED) is 0.873. The van der Waals surface area contributed by atoms with Gasteiger partial charge in [-0.25, -0.2) is 9.97 Å². The summed E-state index contributed by atoms with van der Waals surface area (Å²) in [6.45, 7) is 5.03. The van der Waals surface area contributed by atoms with E-state index in [9.17, 15) is 0 Å². The van der Waals surface area contributed by atoms with Gasteiger partial charge in [-0.1, -0.05) is 0 Å². The molecule has 116 valence electrons. The van der Waals surface area contributed by atoms with E-state index < -0.39 is 0 Å². The molecular formula is C16H26N4O. The van der Waals surface area contributed by atoms with Gasteiger partial charge >= 0.3 is 0 Å². The Morgan fingerprint density at radius 3 is 2.71 bits per heavy atom. The van der Waals surface area contributed by atoms with E-state index in [-0.39, 0.29) is 6.61 Å². The Morgan fingerprint density at radius 2 is 1.95 bits per heavy atom. The van der Waals surface area contributed by atoms with Crippen molar-refractivity contribution in [3.8, 4) is 0 Å². The van der Waals surface area contributed by atoms with Crippen LogP contribution in [0.5, 0.6) is 0 Å². The summed E-state index contributed by atoms with van der Waals surface area (Å²) in [4.78, 5) is 11.8. The summed E-state index contributed by atoms with van der Waals surface area (Å²) >= 11 is 0. The molecule has 1 aliphatic carbocycles. The Bertz CT molecular complexity index is 483. The molecule has 0 radical (unpaired) electrons. The first-order valence-corrected chi connectivity index (χ1v) is 8.23. The average Bonchev–Trinajstić information content (AvgIpc) is 2.52. The number of aromatic nitrogens is 2. The first-order valence-electron chi connectivity index (χ1n) is 8.23. The molecule has 1 fully saturated rings. The number of nitrogens with zero attached hydrogens (tertiary/aromatic N) is 3. The lowest BCUT2D eigenvalue weighted by Crippen LogP contribution is -2.44. The maximum atomic E-state index is 8.90. The highest BCUT2D eigenvalue weighted by Crippen LogP contribution is 2.29. The molecule has 1 aromatic rings. The Morgan fingerprint density at radius 1 is 1.19 bits per heavy atom. The standard InChI is InChI=1S/C16H26N4O/c1-12-18-15-5-3-2-4-14(15)16(19-12)20-9-6-13(7-10-20)17-8-11-21/h13,17,21H,2-11H2,1H3. The summed E-state index contributed by atoms with van der Waals surface area (Å²) in [7, 11) is 0. The van der Waals surface area contributed by atoms with E-state index >= 15 is 0 Å². The number of anilines is 1. The number of aliphatic hydroxyl groups is 1. The van der Waals surface area contributed by atoms with Crippen molar-refractivity contribution in [2.75, 3.05) is 31.1 Å². The molecule has 0 bridgehead atoms. The van der Waals surface area contributed by atoms with Crippen LogP contribution in [0.1, 0.15) is 42.8 Å². The first kappa shape index (κ1) is 14.7. The molecule has 0 unspecified atom stereocenters. The van der Waals surface area contributed by atoms with Crippen LogP contribution in [-0.4, -0.2) is 47.4 Å². The topological polar surface area (TPSA) is 61.3 Å². The largest absolute Gasteiger partial charge is 0.395 e. The van der Waals surface area contributed by atoms with Crippen molar-refractivity contribution in [2.24, 2.45) is 0 Å². The first-order chi connectivity index (χ1) is 10.3. The van der Waals surface area contributed by atoms with E-state index in [2.05, 4.69) is 15.2 Å². The molecule has 1 aliphatic heterocycles. The summed E-state index contributed by atoms with van der Waals surface area (Å²) in [6.07, 6.45) is 7.01. The van der Waals surface area contributed by atoms with Crippen LogP contribution in [0.25, 0.3) is 0 Å². The molecule has 0 saturated carbocycles. The predicted octanol–water partition coefficient (Wildman–Crippen LogP) is 1.21. The number of nitrogens with one attached hydrogen (secondary N) is 1. The molecule has 2 aliphatic rings. The van der Waals surface area contributed by atoms with Crippen LogP contribution in [0.15, 0.2) is 0 Å². The lowest BCUT2D eigenvalue weighted by atomic mass is 9.95. The highest BCUT2D eigenvalue weighted by atomic mass is 16.3. The maximum Gasteiger partial charge on any atom is 0.135 e. The van der Waals surface area contributed by atoms with Gasteiger partial charge < -0.3 is 15.3 Å². The van der Waals surface area contributed by atoms with Crippen molar-refractivity contribution in [1.82, 2.24) is 15.3 Å². The fraction of sp³-hybridized carbons (Fsp3) is 0.750. The minimum absolute atomic E-state index is 0.221. The van der Waals surface area contributed by atoms with E-state index in [1.54, 1.807) is 0 Å². The smallest absolute Gasteiger partial charge is 0.135 e. The molecule has 5 nitrogen and oxygen atoms in total. The minimum atomic E-state index is 0.221. The van der Waals surface area contributed by atoms with Gasteiger partial charge in [-0.05, 0) is 45.4 Å². The normalized spacial score (nSPS) is 19.6. The van der Waals surface area contributed by atoms with Gasteiger partial charge in [-0.3, -0.25) is 0 Å². The fourth-order valence-electron chi connectivity index (χ4n) is 3.52. The highest BCUT2D eigenvalue weighted by Gasteiger charge is 2.24. The van der Waals surface area contributed by atoms with Gasteiger partial charge in [0.05, 0.1) is 6.61 Å². The molecule has 5 heteroatoms. The van der Waals surface area contributed by atoms with E-state index in [4.69, 9.17) is 10.1 Å². The second-order valence-corrected chi connectivity index (χ2v) is 6.17. The zero-order valence-corrected chi connectivity index (χ0v) is 12.9. The van der Waals surface area contributed by atoms with Crippen molar-refractivity contribution >= 4 is 5.82 Å². The Kier molecular flexibility index (Phi) is 4.70. The van der Waals surface area contributed by atoms with Gasteiger partial charge in [-0.15, -0.1) is 0 Å². The monoisotopic (exact) mass is 290 g/mol. The number of aryl methyl sites for hydroxylation is 2. The molecular weight excluding hydrogens is 264 g/mol. The summed E-state index contributed by atoms with van der Waals surface area (Å²) in [5.74, 6) is 2.10. The molecule has 0 amide bonds. The van der Waals surface area contributed by atoms with Gasteiger partial charge in [0.2, 0.25) is 0 Å². The number of piperidine rings is 1. The van der Waals surface area contributed by atoms with E-state index in [1.165, 1.54) is 29.9 Å². The average molecular weight is 290 g/mol. The summed E-state index contributed by atoms with van der Waals surface area (Å²) in [6, 6.07) is 0.534. The van der Waals surface area contributed by atoms with E-state index in [0.717, 1.165) is 44.6 Å². The lowest BCUT2D eigenvalue weighted by Gasteiger charge is -2.35. The van der Waals surface area contributed by atoms with Crippen molar-refractivity contribution in [1.29, 1.82) is 0 Å². The van der Waals surface area contributed by atoms with Crippen LogP contribution < -0.4 is 10.2 Å².